The van der Waals surface area contributed by atoms with Crippen LogP contribution in [0.3, 0.4) is 0 Å². The van der Waals surface area contributed by atoms with Crippen LogP contribution in [-0.2, 0) is 0 Å². The maximum Gasteiger partial charge on any atom is -0.0435 e. The van der Waals surface area contributed by atoms with E-state index in [0.29, 0.717) is 0 Å². The zero-order chi connectivity index (χ0) is 8.15. The van der Waals surface area contributed by atoms with Crippen LogP contribution < -0.4 is 22.6 Å². The van der Waals surface area contributed by atoms with Crippen molar-refractivity contribution in [2.75, 3.05) is 0 Å². The van der Waals surface area contributed by atoms with E-state index in [2.05, 4.69) is 50.3 Å². The number of halogens is 1. The quantitative estimate of drug-likeness (QED) is 0.489. The van der Waals surface area contributed by atoms with E-state index in [-0.39, 0.29) is 0 Å². The van der Waals surface area contributed by atoms with Crippen molar-refractivity contribution >= 4 is 0 Å². The van der Waals surface area contributed by atoms with Crippen molar-refractivity contribution in [2.45, 2.75) is 44.5 Å². The second-order valence-corrected chi connectivity index (χ2v) is 4.77. The second-order valence-electron chi connectivity index (χ2n) is 3.17. The molecule has 3 unspecified atom stereocenters. The highest BCUT2D eigenvalue weighted by Gasteiger charge is 2.10. The monoisotopic (exact) mass is 254 g/mol. The van der Waals surface area contributed by atoms with Crippen LogP contribution in [0.25, 0.3) is 0 Å². The first-order valence-electron chi connectivity index (χ1n) is 4.27. The molecule has 1 heteroatoms. The molecule has 0 aliphatic rings. The average molecular weight is 254 g/mol. The molecule has 0 spiro atoms. The minimum absolute atomic E-state index is 0.868. The highest BCUT2D eigenvalue weighted by Crippen LogP contribution is 2.16. The molecule has 0 aromatic rings. The molecule has 10 heavy (non-hydrogen) atoms. The Kier molecular flexibility index (Phi) is 5.78. The summed E-state index contributed by atoms with van der Waals surface area (Å²) < 4.78 is 0.868. The van der Waals surface area contributed by atoms with Gasteiger partial charge in [-0.25, -0.2) is 0 Å². The third-order valence-electron chi connectivity index (χ3n) is 2.50. The minimum Gasteiger partial charge on any atom is -0.793 e. The van der Waals surface area contributed by atoms with Crippen molar-refractivity contribution < 1.29 is 22.6 Å². The van der Waals surface area contributed by atoms with E-state index >= 15 is 0 Å². The van der Waals surface area contributed by atoms with E-state index in [9.17, 15) is 0 Å². The molecular weight excluding hydrogens is 235 g/mol. The van der Waals surface area contributed by atoms with Crippen LogP contribution in [0, 0.1) is 11.8 Å². The molecule has 0 N–H and O–H groups in total. The van der Waals surface area contributed by atoms with Crippen LogP contribution in [0.2, 0.25) is 0 Å². The van der Waals surface area contributed by atoms with Gasteiger partial charge >= 0.3 is 0 Å². The summed E-state index contributed by atoms with van der Waals surface area (Å²) >= 11 is 2.57. The molecule has 0 aromatic heterocycles. The highest BCUT2D eigenvalue weighted by atomic mass is 127. The smallest absolute Gasteiger partial charge is 0.0435 e. The summed E-state index contributed by atoms with van der Waals surface area (Å²) in [5.74, 6) is 1.78. The zero-order valence-corrected chi connectivity index (χ0v) is 9.68. The average Bonchev–Trinajstić information content (AvgIpc) is 2.00. The summed E-state index contributed by atoms with van der Waals surface area (Å²) in [7, 11) is 0. The second kappa shape index (κ2) is 5.39. The Morgan fingerprint density at radius 2 is 1.60 bits per heavy atom. The van der Waals surface area contributed by atoms with Gasteiger partial charge in [0, 0.05) is 0 Å². The van der Waals surface area contributed by atoms with Crippen molar-refractivity contribution in [1.29, 1.82) is 0 Å². The molecule has 0 amide bonds. The van der Waals surface area contributed by atoms with Gasteiger partial charge in [0.2, 0.25) is 0 Å². The van der Waals surface area contributed by atoms with Gasteiger partial charge in [0.25, 0.3) is 0 Å². The lowest BCUT2D eigenvalue weighted by Crippen LogP contribution is -3.39. The minimum atomic E-state index is 0.868. The molecule has 0 aromatic carbocycles. The third kappa shape index (κ3) is 3.22. The van der Waals surface area contributed by atoms with Crippen LogP contribution in [0.1, 0.15) is 40.5 Å². The van der Waals surface area contributed by atoms with E-state index in [1.54, 1.807) is 0 Å². The fourth-order valence-electron chi connectivity index (χ4n) is 1.10. The molecule has 0 aliphatic heterocycles. The van der Waals surface area contributed by atoms with Crippen LogP contribution in [0.5, 0.6) is 0 Å². The molecule has 1 radical (unpaired) electrons. The maximum absolute atomic E-state index is 2.57. The molecule has 0 bridgehead atoms. The first kappa shape index (κ1) is 10.7. The van der Waals surface area contributed by atoms with Gasteiger partial charge < -0.3 is 22.6 Å². The number of hydrogen-bond acceptors (Lipinski definition) is 0. The van der Waals surface area contributed by atoms with E-state index in [1.165, 1.54) is 12.8 Å². The van der Waals surface area contributed by atoms with E-state index in [1.807, 2.05) is 0 Å². The molecule has 0 nitrogen and oxygen atoms in total. The Labute approximate surface area is 78.9 Å². The summed E-state index contributed by atoms with van der Waals surface area (Å²) in [5, 5.41) is 0. The molecule has 63 valence electrons. The van der Waals surface area contributed by atoms with E-state index in [4.69, 9.17) is 0 Å². The fourth-order valence-corrected chi connectivity index (χ4v) is 1.81. The van der Waals surface area contributed by atoms with Gasteiger partial charge in [0.05, 0.1) is 0 Å². The molecule has 0 rings (SSSR count). The van der Waals surface area contributed by atoms with Gasteiger partial charge in [-0.2, -0.15) is 3.92 Å². The predicted octanol–water partition coefficient (Wildman–Crippen LogP) is 0.000500. The number of hydrogen-bond donors (Lipinski definition) is 0. The fraction of sp³-hybridized carbons (Fsp3) is 1.00. The van der Waals surface area contributed by atoms with E-state index in [0.717, 1.165) is 15.8 Å². The lowest BCUT2D eigenvalue weighted by molar-refractivity contribution is -0.435. The lowest BCUT2D eigenvalue weighted by atomic mass is 9.90. The SMILES string of the molecule is CCC(C)C(C)C([I-])CC. The standard InChI is InChI=1S/C9H19I/c1-5-7(3)8(4)9(10)6-2/h7-9H,5-6H2,1-4H3/q-1. The highest BCUT2D eigenvalue weighted by molar-refractivity contribution is 4.66. The summed E-state index contributed by atoms with van der Waals surface area (Å²) in [5.41, 5.74) is 0. The Hall–Kier alpha value is 0.730. The van der Waals surface area contributed by atoms with Gasteiger partial charge in [-0.15, -0.1) is 0 Å². The summed E-state index contributed by atoms with van der Waals surface area (Å²) in [6.07, 6.45) is 2.63. The van der Waals surface area contributed by atoms with Gasteiger partial charge in [-0.05, 0) is 5.92 Å². The molecular formula is C9H19I-. The predicted molar refractivity (Wildman–Crippen MR) is 42.7 cm³/mol. The van der Waals surface area contributed by atoms with Crippen molar-refractivity contribution in [3.8, 4) is 0 Å². The van der Waals surface area contributed by atoms with Gasteiger partial charge in [-0.1, -0.05) is 46.5 Å². The molecule has 0 heterocycles. The molecule has 3 atom stereocenters. The van der Waals surface area contributed by atoms with Crippen LogP contribution in [-0.4, -0.2) is 3.92 Å². The molecule has 0 fully saturated rings. The normalized spacial score (nSPS) is 20.1. The van der Waals surface area contributed by atoms with Gasteiger partial charge in [-0.3, -0.25) is 0 Å². The number of rotatable bonds is 4. The summed E-state index contributed by atoms with van der Waals surface area (Å²) in [4.78, 5) is 0. The van der Waals surface area contributed by atoms with Crippen molar-refractivity contribution in [3.63, 3.8) is 0 Å². The van der Waals surface area contributed by atoms with Crippen LogP contribution >= 0.6 is 0 Å². The van der Waals surface area contributed by atoms with Crippen molar-refractivity contribution in [1.82, 2.24) is 0 Å². The Morgan fingerprint density at radius 3 is 1.90 bits per heavy atom. The maximum atomic E-state index is 2.57. The Balaban J connectivity index is 3.69. The largest absolute Gasteiger partial charge is 0.793 e. The van der Waals surface area contributed by atoms with Gasteiger partial charge in [0.15, 0.2) is 0 Å². The molecule has 0 aliphatic carbocycles. The van der Waals surface area contributed by atoms with Crippen LogP contribution in [0.15, 0.2) is 0 Å². The van der Waals surface area contributed by atoms with Crippen molar-refractivity contribution in [2.24, 2.45) is 11.8 Å². The van der Waals surface area contributed by atoms with E-state index < -0.39 is 0 Å². The zero-order valence-electron chi connectivity index (χ0n) is 7.52. The summed E-state index contributed by atoms with van der Waals surface area (Å²) in [6.45, 7) is 9.27. The number of alkyl halides is 1. The van der Waals surface area contributed by atoms with Crippen molar-refractivity contribution in [3.05, 3.63) is 0 Å². The summed E-state index contributed by atoms with van der Waals surface area (Å²) in [6, 6.07) is 0. The topological polar surface area (TPSA) is 0 Å². The lowest BCUT2D eigenvalue weighted by Gasteiger charge is -2.32. The Bertz CT molecular complexity index is 70.8. The molecule has 0 saturated carbocycles. The van der Waals surface area contributed by atoms with Crippen LogP contribution in [0.4, 0.5) is 0 Å². The van der Waals surface area contributed by atoms with Gasteiger partial charge in [0.1, 0.15) is 0 Å². The Morgan fingerprint density at radius 1 is 1.10 bits per heavy atom. The molecule has 0 saturated heterocycles. The third-order valence-corrected chi connectivity index (χ3v) is 4.52. The first-order valence-corrected chi connectivity index (χ1v) is 5.52. The first-order chi connectivity index (χ1) is 4.63.